The minimum Gasteiger partial charge on any atom is -0.484 e. The number of hydrogen-bond acceptors (Lipinski definition) is 1. The van der Waals surface area contributed by atoms with Crippen LogP contribution in [0.2, 0.25) is 0 Å². The lowest BCUT2D eigenvalue weighted by molar-refractivity contribution is 0.278. The Morgan fingerprint density at radius 1 is 1.00 bits per heavy atom. The number of benzene rings is 2. The van der Waals surface area contributed by atoms with Gasteiger partial charge < -0.3 is 9.30 Å². The standard InChI is InChI=1S/C18H17F2NO/c1-12(2)21-14(10-13-6-5-8-16(20)18(13)21)11-22-17-9-4-3-7-15(17)19/h3-10,12H,11H2,1-2H3. The Morgan fingerprint density at radius 2 is 1.73 bits per heavy atom. The van der Waals surface area contributed by atoms with Gasteiger partial charge >= 0.3 is 0 Å². The van der Waals surface area contributed by atoms with Crippen molar-refractivity contribution in [3.8, 4) is 5.75 Å². The zero-order valence-electron chi connectivity index (χ0n) is 12.5. The predicted molar refractivity (Wildman–Crippen MR) is 83.0 cm³/mol. The molecule has 114 valence electrons. The minimum atomic E-state index is -0.402. The summed E-state index contributed by atoms with van der Waals surface area (Å²) in [6, 6.07) is 13.2. The molecule has 0 aliphatic rings. The predicted octanol–water partition coefficient (Wildman–Crippen LogP) is 5.08. The molecule has 0 fully saturated rings. The molecule has 0 radical (unpaired) electrons. The molecule has 3 rings (SSSR count). The second kappa shape index (κ2) is 5.79. The molecule has 2 aromatic carbocycles. The van der Waals surface area contributed by atoms with Crippen LogP contribution in [0.5, 0.6) is 5.75 Å². The van der Waals surface area contributed by atoms with Crippen molar-refractivity contribution in [2.45, 2.75) is 26.5 Å². The van der Waals surface area contributed by atoms with Crippen LogP contribution in [-0.2, 0) is 6.61 Å². The van der Waals surface area contributed by atoms with Gasteiger partial charge in [0.1, 0.15) is 12.4 Å². The third-order valence-electron chi connectivity index (χ3n) is 3.62. The monoisotopic (exact) mass is 301 g/mol. The van der Waals surface area contributed by atoms with Gasteiger partial charge in [-0.25, -0.2) is 8.78 Å². The fourth-order valence-electron chi connectivity index (χ4n) is 2.71. The summed E-state index contributed by atoms with van der Waals surface area (Å²) >= 11 is 0. The highest BCUT2D eigenvalue weighted by Crippen LogP contribution is 2.27. The van der Waals surface area contributed by atoms with E-state index in [-0.39, 0.29) is 24.2 Å². The van der Waals surface area contributed by atoms with E-state index >= 15 is 0 Å². The maximum atomic E-state index is 14.1. The first kappa shape index (κ1) is 14.6. The summed E-state index contributed by atoms with van der Waals surface area (Å²) in [5, 5.41) is 0.820. The van der Waals surface area contributed by atoms with E-state index in [1.165, 1.54) is 12.1 Å². The van der Waals surface area contributed by atoms with Crippen LogP contribution in [-0.4, -0.2) is 4.57 Å². The second-order valence-corrected chi connectivity index (χ2v) is 5.50. The summed E-state index contributed by atoms with van der Waals surface area (Å²) in [6.45, 7) is 4.16. The third kappa shape index (κ3) is 2.56. The van der Waals surface area contributed by atoms with Crippen LogP contribution >= 0.6 is 0 Å². The van der Waals surface area contributed by atoms with Crippen LogP contribution in [0.4, 0.5) is 8.78 Å². The summed E-state index contributed by atoms with van der Waals surface area (Å²) < 4.78 is 35.2. The smallest absolute Gasteiger partial charge is 0.165 e. The fourth-order valence-corrected chi connectivity index (χ4v) is 2.71. The van der Waals surface area contributed by atoms with Gasteiger partial charge in [0.15, 0.2) is 11.6 Å². The first-order valence-electron chi connectivity index (χ1n) is 7.23. The Bertz CT molecular complexity index is 808. The van der Waals surface area contributed by atoms with Gasteiger partial charge in [-0.1, -0.05) is 24.3 Å². The number of aromatic nitrogens is 1. The molecule has 0 saturated carbocycles. The van der Waals surface area contributed by atoms with Crippen molar-refractivity contribution in [1.82, 2.24) is 4.57 Å². The van der Waals surface area contributed by atoms with E-state index in [1.54, 1.807) is 24.3 Å². The van der Waals surface area contributed by atoms with Gasteiger partial charge in [-0.2, -0.15) is 0 Å². The number of para-hydroxylation sites is 2. The zero-order valence-corrected chi connectivity index (χ0v) is 12.5. The molecule has 0 saturated heterocycles. The van der Waals surface area contributed by atoms with Gasteiger partial charge in [-0.05, 0) is 38.1 Å². The Morgan fingerprint density at radius 3 is 2.45 bits per heavy atom. The molecule has 1 aromatic heterocycles. The molecule has 4 heteroatoms. The molecule has 22 heavy (non-hydrogen) atoms. The summed E-state index contributed by atoms with van der Waals surface area (Å²) in [6.07, 6.45) is 0. The summed E-state index contributed by atoms with van der Waals surface area (Å²) in [5.41, 5.74) is 1.38. The molecule has 2 nitrogen and oxygen atoms in total. The molecule has 0 bridgehead atoms. The van der Waals surface area contributed by atoms with Crippen LogP contribution in [0.25, 0.3) is 10.9 Å². The highest BCUT2D eigenvalue weighted by molar-refractivity contribution is 5.82. The quantitative estimate of drug-likeness (QED) is 0.655. The van der Waals surface area contributed by atoms with E-state index < -0.39 is 5.82 Å². The van der Waals surface area contributed by atoms with Crippen molar-refractivity contribution in [3.63, 3.8) is 0 Å². The Hall–Kier alpha value is -2.36. The molecule has 3 aromatic rings. The van der Waals surface area contributed by atoms with Crippen LogP contribution in [0.15, 0.2) is 48.5 Å². The van der Waals surface area contributed by atoms with Crippen molar-refractivity contribution in [3.05, 3.63) is 65.9 Å². The van der Waals surface area contributed by atoms with Crippen molar-refractivity contribution in [2.24, 2.45) is 0 Å². The van der Waals surface area contributed by atoms with Gasteiger partial charge in [-0.15, -0.1) is 0 Å². The lowest BCUT2D eigenvalue weighted by atomic mass is 10.2. The second-order valence-electron chi connectivity index (χ2n) is 5.50. The first-order valence-corrected chi connectivity index (χ1v) is 7.23. The number of halogens is 2. The Kier molecular flexibility index (Phi) is 3.84. The van der Waals surface area contributed by atoms with Crippen molar-refractivity contribution >= 4 is 10.9 Å². The molecule has 0 aliphatic carbocycles. The minimum absolute atomic E-state index is 0.0774. The van der Waals surface area contributed by atoms with E-state index in [0.717, 1.165) is 11.1 Å². The van der Waals surface area contributed by atoms with E-state index in [4.69, 9.17) is 4.74 Å². The SMILES string of the molecule is CC(C)n1c(COc2ccccc2F)cc2cccc(F)c21. The van der Waals surface area contributed by atoms with Gasteiger partial charge in [-0.3, -0.25) is 0 Å². The summed E-state index contributed by atoms with van der Waals surface area (Å²) in [5.74, 6) is -0.465. The lowest BCUT2D eigenvalue weighted by Gasteiger charge is -2.15. The van der Waals surface area contributed by atoms with Gasteiger partial charge in [0.2, 0.25) is 0 Å². The number of hydrogen-bond donors (Lipinski definition) is 0. The average molecular weight is 301 g/mol. The largest absolute Gasteiger partial charge is 0.484 e. The molecular formula is C18H17F2NO. The maximum Gasteiger partial charge on any atom is 0.165 e. The Balaban J connectivity index is 1.99. The maximum absolute atomic E-state index is 14.1. The molecule has 0 aliphatic heterocycles. The lowest BCUT2D eigenvalue weighted by Crippen LogP contribution is -2.09. The highest BCUT2D eigenvalue weighted by atomic mass is 19.1. The Labute approximate surface area is 127 Å². The molecular weight excluding hydrogens is 284 g/mol. The first-order chi connectivity index (χ1) is 10.6. The van der Waals surface area contributed by atoms with Gasteiger partial charge in [0, 0.05) is 11.4 Å². The molecule has 0 amide bonds. The average Bonchev–Trinajstić information content (AvgIpc) is 2.86. The molecule has 0 unspecified atom stereocenters. The van der Waals surface area contributed by atoms with Gasteiger partial charge in [0.05, 0.1) is 11.2 Å². The van der Waals surface area contributed by atoms with E-state index in [9.17, 15) is 8.78 Å². The van der Waals surface area contributed by atoms with Crippen molar-refractivity contribution in [1.29, 1.82) is 0 Å². The van der Waals surface area contributed by atoms with E-state index in [0.29, 0.717) is 5.52 Å². The summed E-state index contributed by atoms with van der Waals surface area (Å²) in [4.78, 5) is 0. The van der Waals surface area contributed by atoms with Crippen molar-refractivity contribution in [2.75, 3.05) is 0 Å². The number of fused-ring (bicyclic) bond motifs is 1. The normalized spacial score (nSPS) is 11.3. The molecule has 0 atom stereocenters. The fraction of sp³-hybridized carbons (Fsp3) is 0.222. The van der Waals surface area contributed by atoms with Gasteiger partial charge in [0.25, 0.3) is 0 Å². The number of rotatable bonds is 4. The van der Waals surface area contributed by atoms with Crippen LogP contribution in [0, 0.1) is 11.6 Å². The number of nitrogens with zero attached hydrogens (tertiary/aromatic N) is 1. The topological polar surface area (TPSA) is 14.2 Å². The van der Waals surface area contributed by atoms with Crippen molar-refractivity contribution < 1.29 is 13.5 Å². The van der Waals surface area contributed by atoms with Crippen LogP contribution in [0.3, 0.4) is 0 Å². The van der Waals surface area contributed by atoms with E-state index in [1.807, 2.05) is 30.5 Å². The molecule has 0 N–H and O–H groups in total. The molecule has 0 spiro atoms. The number of ether oxygens (including phenoxy) is 1. The van der Waals surface area contributed by atoms with Crippen LogP contribution in [0.1, 0.15) is 25.6 Å². The van der Waals surface area contributed by atoms with E-state index in [2.05, 4.69) is 0 Å². The highest BCUT2D eigenvalue weighted by Gasteiger charge is 2.15. The molecule has 1 heterocycles. The van der Waals surface area contributed by atoms with Crippen LogP contribution < -0.4 is 4.74 Å². The third-order valence-corrected chi connectivity index (χ3v) is 3.62. The zero-order chi connectivity index (χ0) is 15.7. The summed E-state index contributed by atoms with van der Waals surface area (Å²) in [7, 11) is 0.